The van der Waals surface area contributed by atoms with E-state index in [2.05, 4.69) is 20.3 Å². The molecule has 26 heavy (non-hydrogen) atoms. The minimum absolute atomic E-state index is 0. The van der Waals surface area contributed by atoms with E-state index in [9.17, 15) is 8.42 Å². The molecule has 0 bridgehead atoms. The lowest BCUT2D eigenvalue weighted by atomic mass is 10.1. The van der Waals surface area contributed by atoms with Gasteiger partial charge in [0.15, 0.2) is 5.96 Å². The molecule has 0 aliphatic carbocycles. The van der Waals surface area contributed by atoms with Crippen molar-refractivity contribution in [2.45, 2.75) is 38.6 Å². The molecular weight excluding hydrogens is 467 g/mol. The van der Waals surface area contributed by atoms with Crippen LogP contribution in [0.3, 0.4) is 0 Å². The zero-order chi connectivity index (χ0) is 18.7. The molecule has 1 rings (SSSR count). The van der Waals surface area contributed by atoms with E-state index in [1.165, 1.54) is 0 Å². The minimum atomic E-state index is -3.36. The van der Waals surface area contributed by atoms with Gasteiger partial charge in [0.05, 0.1) is 5.75 Å². The van der Waals surface area contributed by atoms with Gasteiger partial charge in [-0.2, -0.15) is 0 Å². The van der Waals surface area contributed by atoms with Gasteiger partial charge in [0.25, 0.3) is 0 Å². The van der Waals surface area contributed by atoms with E-state index in [-0.39, 0.29) is 35.8 Å². The van der Waals surface area contributed by atoms with E-state index in [1.807, 2.05) is 38.1 Å². The standard InChI is InChI=1S/C17H30N4O3S.HI/c1-14(2)21-25(22,23)13-16-9-6-5-8-15(16)12-20-17(18-3)19-10-7-11-24-4;/h5-6,8-9,14,21H,7,10-13H2,1-4H3,(H2,18,19,20);1H. The molecule has 0 aliphatic heterocycles. The normalized spacial score (nSPS) is 12.0. The summed E-state index contributed by atoms with van der Waals surface area (Å²) in [6.45, 7) is 5.56. The Balaban J connectivity index is 0.00000625. The maximum absolute atomic E-state index is 12.2. The number of guanidine groups is 1. The average molecular weight is 498 g/mol. The lowest BCUT2D eigenvalue weighted by Crippen LogP contribution is -2.38. The lowest BCUT2D eigenvalue weighted by molar-refractivity contribution is 0.195. The van der Waals surface area contributed by atoms with E-state index in [0.29, 0.717) is 19.1 Å². The van der Waals surface area contributed by atoms with E-state index >= 15 is 0 Å². The SMILES string of the molecule is CN=C(NCCCOC)NCc1ccccc1CS(=O)(=O)NC(C)C.I. The molecule has 0 fully saturated rings. The highest BCUT2D eigenvalue weighted by molar-refractivity contribution is 14.0. The van der Waals surface area contributed by atoms with Gasteiger partial charge in [0.2, 0.25) is 10.0 Å². The summed E-state index contributed by atoms with van der Waals surface area (Å²) in [5.41, 5.74) is 1.70. The minimum Gasteiger partial charge on any atom is -0.385 e. The number of benzene rings is 1. The number of nitrogens with zero attached hydrogens (tertiary/aromatic N) is 1. The molecule has 0 saturated carbocycles. The third-order valence-electron chi connectivity index (χ3n) is 3.37. The van der Waals surface area contributed by atoms with Crippen LogP contribution in [0.25, 0.3) is 0 Å². The summed E-state index contributed by atoms with van der Waals surface area (Å²) in [6, 6.07) is 7.39. The molecule has 1 aromatic carbocycles. The smallest absolute Gasteiger partial charge is 0.216 e. The van der Waals surface area contributed by atoms with Crippen LogP contribution in [0.5, 0.6) is 0 Å². The third kappa shape index (κ3) is 10.3. The molecule has 3 N–H and O–H groups in total. The number of ether oxygens (including phenoxy) is 1. The van der Waals surface area contributed by atoms with Gasteiger partial charge >= 0.3 is 0 Å². The van der Waals surface area contributed by atoms with Gasteiger partial charge in [0, 0.05) is 39.9 Å². The molecule has 9 heteroatoms. The first-order chi connectivity index (χ1) is 11.9. The van der Waals surface area contributed by atoms with Crippen LogP contribution in [-0.4, -0.2) is 47.7 Å². The van der Waals surface area contributed by atoms with Crippen LogP contribution >= 0.6 is 24.0 Å². The fourth-order valence-corrected chi connectivity index (χ4v) is 3.79. The number of rotatable bonds is 10. The van der Waals surface area contributed by atoms with Gasteiger partial charge < -0.3 is 15.4 Å². The molecule has 0 aliphatic rings. The first-order valence-electron chi connectivity index (χ1n) is 8.38. The molecule has 0 atom stereocenters. The predicted molar refractivity (Wildman–Crippen MR) is 117 cm³/mol. The van der Waals surface area contributed by atoms with Crippen LogP contribution in [0.1, 0.15) is 31.4 Å². The second-order valence-corrected chi connectivity index (χ2v) is 7.75. The van der Waals surface area contributed by atoms with Crippen molar-refractivity contribution < 1.29 is 13.2 Å². The van der Waals surface area contributed by atoms with E-state index in [0.717, 1.165) is 24.1 Å². The van der Waals surface area contributed by atoms with Gasteiger partial charge in [-0.1, -0.05) is 24.3 Å². The monoisotopic (exact) mass is 498 g/mol. The molecule has 0 spiro atoms. The molecule has 0 saturated heterocycles. The van der Waals surface area contributed by atoms with Crippen molar-refractivity contribution in [3.05, 3.63) is 35.4 Å². The summed E-state index contributed by atoms with van der Waals surface area (Å²) < 4.78 is 32.0. The number of hydrogen-bond donors (Lipinski definition) is 3. The Morgan fingerprint density at radius 3 is 2.42 bits per heavy atom. The summed E-state index contributed by atoms with van der Waals surface area (Å²) in [6.07, 6.45) is 0.882. The van der Waals surface area contributed by atoms with Crippen molar-refractivity contribution in [1.82, 2.24) is 15.4 Å². The van der Waals surface area contributed by atoms with Crippen molar-refractivity contribution >= 4 is 40.0 Å². The maximum Gasteiger partial charge on any atom is 0.216 e. The first-order valence-corrected chi connectivity index (χ1v) is 10.0. The molecule has 0 amide bonds. The second-order valence-electron chi connectivity index (χ2n) is 6.00. The Hall–Kier alpha value is -0.910. The van der Waals surface area contributed by atoms with Crippen LogP contribution in [0.4, 0.5) is 0 Å². The topological polar surface area (TPSA) is 91.8 Å². The number of nitrogens with one attached hydrogen (secondary N) is 3. The Kier molecular flexibility index (Phi) is 12.8. The fourth-order valence-electron chi connectivity index (χ4n) is 2.30. The highest BCUT2D eigenvalue weighted by Crippen LogP contribution is 2.12. The van der Waals surface area contributed by atoms with Crippen molar-refractivity contribution in [1.29, 1.82) is 0 Å². The summed E-state index contributed by atoms with van der Waals surface area (Å²) in [7, 11) is 0.0172. The van der Waals surface area contributed by atoms with Crippen LogP contribution in [0.2, 0.25) is 0 Å². The van der Waals surface area contributed by atoms with Crippen LogP contribution < -0.4 is 15.4 Å². The number of methoxy groups -OCH3 is 1. The number of hydrogen-bond acceptors (Lipinski definition) is 4. The maximum atomic E-state index is 12.2. The quantitative estimate of drug-likeness (QED) is 0.198. The number of aliphatic imine (C=N–C) groups is 1. The Morgan fingerprint density at radius 2 is 1.85 bits per heavy atom. The molecule has 150 valence electrons. The largest absolute Gasteiger partial charge is 0.385 e. The Morgan fingerprint density at radius 1 is 1.19 bits per heavy atom. The van der Waals surface area contributed by atoms with Gasteiger partial charge in [-0.15, -0.1) is 24.0 Å². The van der Waals surface area contributed by atoms with Crippen molar-refractivity contribution in [3.8, 4) is 0 Å². The highest BCUT2D eigenvalue weighted by atomic mass is 127. The first kappa shape index (κ1) is 25.1. The zero-order valence-electron chi connectivity index (χ0n) is 15.9. The molecule has 7 nitrogen and oxygen atoms in total. The fraction of sp³-hybridized carbons (Fsp3) is 0.588. The molecule has 0 heterocycles. The number of halogens is 1. The summed E-state index contributed by atoms with van der Waals surface area (Å²) in [4.78, 5) is 4.17. The number of sulfonamides is 1. The summed E-state index contributed by atoms with van der Waals surface area (Å²) in [5.74, 6) is 0.636. The summed E-state index contributed by atoms with van der Waals surface area (Å²) >= 11 is 0. The van der Waals surface area contributed by atoms with Crippen LogP contribution in [-0.2, 0) is 27.1 Å². The van der Waals surface area contributed by atoms with Crippen molar-refractivity contribution in [3.63, 3.8) is 0 Å². The Bertz CT molecular complexity index is 651. The van der Waals surface area contributed by atoms with E-state index < -0.39 is 10.0 Å². The van der Waals surface area contributed by atoms with Crippen LogP contribution in [0.15, 0.2) is 29.3 Å². The van der Waals surface area contributed by atoms with Gasteiger partial charge in [-0.25, -0.2) is 13.1 Å². The molecule has 0 radical (unpaired) electrons. The van der Waals surface area contributed by atoms with E-state index in [4.69, 9.17) is 4.74 Å². The van der Waals surface area contributed by atoms with Gasteiger partial charge in [-0.3, -0.25) is 4.99 Å². The molecule has 0 aromatic heterocycles. The zero-order valence-corrected chi connectivity index (χ0v) is 19.1. The lowest BCUT2D eigenvalue weighted by Gasteiger charge is -2.15. The van der Waals surface area contributed by atoms with Crippen molar-refractivity contribution in [2.75, 3.05) is 27.3 Å². The summed E-state index contributed by atoms with van der Waals surface area (Å²) in [5, 5.41) is 6.41. The van der Waals surface area contributed by atoms with Crippen molar-refractivity contribution in [2.24, 2.45) is 4.99 Å². The molecule has 0 unspecified atom stereocenters. The molecule has 1 aromatic rings. The van der Waals surface area contributed by atoms with Gasteiger partial charge in [-0.05, 0) is 31.4 Å². The van der Waals surface area contributed by atoms with Gasteiger partial charge in [0.1, 0.15) is 0 Å². The average Bonchev–Trinajstić information content (AvgIpc) is 2.54. The van der Waals surface area contributed by atoms with Crippen LogP contribution in [0, 0.1) is 0 Å². The highest BCUT2D eigenvalue weighted by Gasteiger charge is 2.15. The predicted octanol–water partition coefficient (Wildman–Crippen LogP) is 1.83. The molecular formula is C17H31IN4O3S. The second kappa shape index (κ2) is 13.3. The van der Waals surface area contributed by atoms with E-state index in [1.54, 1.807) is 14.2 Å². The third-order valence-corrected chi connectivity index (χ3v) is 4.89. The Labute approximate surface area is 174 Å².